The lowest BCUT2D eigenvalue weighted by Crippen LogP contribution is -2.18. The summed E-state index contributed by atoms with van der Waals surface area (Å²) in [5.74, 6) is -0.694. The molecule has 1 unspecified atom stereocenters. The molecule has 0 saturated carbocycles. The average Bonchev–Trinajstić information content (AvgIpc) is 3.16. The maximum Gasteiger partial charge on any atom is 0.181 e. The molecule has 0 aliphatic rings. The van der Waals surface area contributed by atoms with Gasteiger partial charge in [-0.1, -0.05) is 6.07 Å². The van der Waals surface area contributed by atoms with Gasteiger partial charge in [-0.05, 0) is 43.5 Å². The lowest BCUT2D eigenvalue weighted by atomic mass is 10.1. The van der Waals surface area contributed by atoms with E-state index in [-0.39, 0.29) is 30.0 Å². The van der Waals surface area contributed by atoms with E-state index < -0.39 is 22.9 Å². The smallest absolute Gasteiger partial charge is 0.181 e. The maximum atomic E-state index is 15.1. The van der Waals surface area contributed by atoms with E-state index in [1.807, 2.05) is 0 Å². The lowest BCUT2D eigenvalue weighted by molar-refractivity contribution is 0.520. The van der Waals surface area contributed by atoms with Crippen LogP contribution in [0.2, 0.25) is 0 Å². The summed E-state index contributed by atoms with van der Waals surface area (Å²) in [5.41, 5.74) is 1.94. The largest absolute Gasteiger partial charge is 0.760 e. The third-order valence-electron chi connectivity index (χ3n) is 4.73. The van der Waals surface area contributed by atoms with Crippen LogP contribution in [0.1, 0.15) is 17.8 Å². The summed E-state index contributed by atoms with van der Waals surface area (Å²) in [6, 6.07) is 5.91. The Morgan fingerprint density at radius 2 is 2.03 bits per heavy atom. The normalized spacial score (nSPS) is 12.2. The first kappa shape index (κ1) is 21.9. The molecule has 32 heavy (non-hydrogen) atoms. The predicted octanol–water partition coefficient (Wildman–Crippen LogP) is 3.06. The molecule has 0 spiro atoms. The number of halogens is 2. The van der Waals surface area contributed by atoms with E-state index >= 15 is 4.39 Å². The van der Waals surface area contributed by atoms with Gasteiger partial charge in [-0.2, -0.15) is 0 Å². The van der Waals surface area contributed by atoms with Crippen molar-refractivity contribution in [1.82, 2.24) is 29.6 Å². The molecule has 3 aromatic heterocycles. The van der Waals surface area contributed by atoms with Crippen molar-refractivity contribution in [2.45, 2.75) is 19.8 Å². The van der Waals surface area contributed by atoms with Crippen molar-refractivity contribution in [1.29, 1.82) is 0 Å². The van der Waals surface area contributed by atoms with E-state index in [1.54, 1.807) is 19.1 Å². The first-order valence-electron chi connectivity index (χ1n) is 9.63. The van der Waals surface area contributed by atoms with Crippen LogP contribution >= 0.6 is 0 Å². The molecule has 0 bridgehead atoms. The minimum Gasteiger partial charge on any atom is -0.760 e. The quantitative estimate of drug-likeness (QED) is 0.273. The van der Waals surface area contributed by atoms with E-state index in [9.17, 15) is 13.2 Å². The van der Waals surface area contributed by atoms with Crippen molar-refractivity contribution in [3.8, 4) is 11.3 Å². The summed E-state index contributed by atoms with van der Waals surface area (Å²) in [6.45, 7) is 1.93. The molecule has 12 heteroatoms. The predicted molar refractivity (Wildman–Crippen MR) is 115 cm³/mol. The minimum atomic E-state index is -2.38. The van der Waals surface area contributed by atoms with Crippen molar-refractivity contribution in [2.24, 2.45) is 0 Å². The van der Waals surface area contributed by atoms with Gasteiger partial charge in [0.05, 0.1) is 0 Å². The fourth-order valence-corrected chi connectivity index (χ4v) is 3.61. The van der Waals surface area contributed by atoms with Crippen LogP contribution in [-0.2, 0) is 17.7 Å². The number of aromatic nitrogens is 5. The van der Waals surface area contributed by atoms with Gasteiger partial charge < -0.3 is 14.9 Å². The Hall–Kier alpha value is -3.35. The number of rotatable bonds is 8. The van der Waals surface area contributed by atoms with E-state index in [0.29, 0.717) is 34.7 Å². The molecule has 3 heterocycles. The van der Waals surface area contributed by atoms with Gasteiger partial charge in [-0.15, -0.1) is 0 Å². The molecule has 0 aliphatic heterocycles. The molecule has 4 rings (SSSR count). The van der Waals surface area contributed by atoms with Gasteiger partial charge in [0.15, 0.2) is 11.5 Å². The number of hydrogen-bond donors (Lipinski definition) is 3. The topological polar surface area (TPSA) is 132 Å². The Balaban J connectivity index is 1.67. The molecule has 3 N–H and O–H groups in total. The Labute approximate surface area is 184 Å². The van der Waals surface area contributed by atoms with Crippen LogP contribution in [0, 0.1) is 18.6 Å². The summed E-state index contributed by atoms with van der Waals surface area (Å²) in [5, 5.41) is 2.76. The first-order chi connectivity index (χ1) is 15.4. The van der Waals surface area contributed by atoms with Crippen molar-refractivity contribution in [2.75, 3.05) is 11.9 Å². The number of nitrogens with one attached hydrogen (secondary N) is 3. The van der Waals surface area contributed by atoms with E-state index in [0.717, 1.165) is 6.07 Å². The minimum absolute atomic E-state index is 0.146. The summed E-state index contributed by atoms with van der Waals surface area (Å²) >= 11 is -2.38. The molecular weight excluding hydrogens is 440 g/mol. The molecule has 4 aromatic rings. The molecule has 0 aliphatic carbocycles. The Bertz CT molecular complexity index is 1300. The Kier molecular flexibility index (Phi) is 6.44. The zero-order valence-corrected chi connectivity index (χ0v) is 17.7. The molecule has 0 saturated heterocycles. The molecule has 0 fully saturated rings. The highest BCUT2D eigenvalue weighted by molar-refractivity contribution is 7.77. The zero-order valence-electron chi connectivity index (χ0n) is 16.9. The second-order valence-electron chi connectivity index (χ2n) is 6.90. The highest BCUT2D eigenvalue weighted by Crippen LogP contribution is 2.33. The van der Waals surface area contributed by atoms with E-state index in [2.05, 4.69) is 35.0 Å². The fraction of sp³-hybridized carbons (Fsp3) is 0.200. The van der Waals surface area contributed by atoms with Crippen molar-refractivity contribution in [3.63, 3.8) is 0 Å². The number of pyridine rings is 1. The molecule has 0 amide bonds. The second-order valence-corrected chi connectivity index (χ2v) is 7.65. The standard InChI is InChI=1S/C20H19F2N7O2S/c1-11-27-18-16(24-10-25-20(18)28-11)13-5-3-8-23-19(13)29-17-14(21)7-6-12(15(17)22)4-2-9-26-32(30)31/h3,5-8,10,26H,2,4,9H2,1H3,(H,23,29)(H,30,31)(H,24,25,27,28)/p-1. The van der Waals surface area contributed by atoms with Gasteiger partial charge in [0.2, 0.25) is 0 Å². The van der Waals surface area contributed by atoms with E-state index in [1.165, 1.54) is 18.6 Å². The van der Waals surface area contributed by atoms with Gasteiger partial charge >= 0.3 is 0 Å². The van der Waals surface area contributed by atoms with Gasteiger partial charge in [-0.3, -0.25) is 4.21 Å². The summed E-state index contributed by atoms with van der Waals surface area (Å²) < 4.78 is 52.9. The van der Waals surface area contributed by atoms with Crippen molar-refractivity contribution in [3.05, 3.63) is 59.8 Å². The van der Waals surface area contributed by atoms with Crippen LogP contribution in [0.25, 0.3) is 22.4 Å². The molecular formula is C20H18F2N7O2S-. The highest BCUT2D eigenvalue weighted by Gasteiger charge is 2.18. The van der Waals surface area contributed by atoms with Gasteiger partial charge in [0, 0.05) is 29.6 Å². The Morgan fingerprint density at radius 3 is 2.84 bits per heavy atom. The van der Waals surface area contributed by atoms with Crippen LogP contribution < -0.4 is 10.0 Å². The van der Waals surface area contributed by atoms with Crippen LogP contribution in [0.4, 0.5) is 20.3 Å². The number of imidazole rings is 1. The van der Waals surface area contributed by atoms with Gasteiger partial charge in [-0.25, -0.2) is 33.4 Å². The van der Waals surface area contributed by atoms with Crippen LogP contribution in [0.5, 0.6) is 0 Å². The van der Waals surface area contributed by atoms with Crippen LogP contribution in [0.3, 0.4) is 0 Å². The number of aryl methyl sites for hydroxylation is 2. The van der Waals surface area contributed by atoms with Gasteiger partial charge in [0.25, 0.3) is 0 Å². The number of benzene rings is 1. The lowest BCUT2D eigenvalue weighted by Gasteiger charge is -2.14. The Morgan fingerprint density at radius 1 is 1.19 bits per heavy atom. The monoisotopic (exact) mass is 458 g/mol. The van der Waals surface area contributed by atoms with Crippen LogP contribution in [0.15, 0.2) is 36.8 Å². The average molecular weight is 458 g/mol. The zero-order chi connectivity index (χ0) is 22.7. The molecule has 166 valence electrons. The van der Waals surface area contributed by atoms with Crippen LogP contribution in [-0.4, -0.2) is 40.2 Å². The maximum absolute atomic E-state index is 15.1. The summed E-state index contributed by atoms with van der Waals surface area (Å²) in [4.78, 5) is 20.1. The third kappa shape index (κ3) is 4.61. The number of H-pyrrole nitrogens is 1. The molecule has 1 aromatic carbocycles. The second kappa shape index (κ2) is 9.42. The third-order valence-corrected chi connectivity index (χ3v) is 5.17. The molecule has 9 nitrogen and oxygen atoms in total. The summed E-state index contributed by atoms with van der Waals surface area (Å²) in [6.07, 6.45) is 3.43. The number of fused-ring (bicyclic) bond motifs is 1. The van der Waals surface area contributed by atoms with Crippen molar-refractivity contribution < 1.29 is 17.5 Å². The number of hydrogen-bond acceptors (Lipinski definition) is 7. The fourth-order valence-electron chi connectivity index (χ4n) is 3.30. The number of nitrogens with zero attached hydrogens (tertiary/aromatic N) is 4. The van der Waals surface area contributed by atoms with E-state index in [4.69, 9.17) is 0 Å². The van der Waals surface area contributed by atoms with Crippen molar-refractivity contribution >= 4 is 33.9 Å². The molecule has 0 radical (unpaired) electrons. The first-order valence-corrected chi connectivity index (χ1v) is 10.7. The number of anilines is 2. The number of aromatic amines is 1. The highest BCUT2D eigenvalue weighted by atomic mass is 32.2. The van der Waals surface area contributed by atoms with Gasteiger partial charge in [0.1, 0.15) is 40.7 Å². The SMILES string of the molecule is Cc1nc2ncnc(-c3cccnc3Nc3c(F)ccc(CCCNS(=O)[O-])c3F)c2[nH]1. The summed E-state index contributed by atoms with van der Waals surface area (Å²) in [7, 11) is 0. The molecule has 1 atom stereocenters.